The summed E-state index contributed by atoms with van der Waals surface area (Å²) in [6.45, 7) is 7.34. The van der Waals surface area contributed by atoms with E-state index in [1.165, 1.54) is 28.4 Å². The van der Waals surface area contributed by atoms with Crippen LogP contribution in [0, 0.1) is 6.92 Å². The average molecular weight is 241 g/mol. The summed E-state index contributed by atoms with van der Waals surface area (Å²) in [6, 6.07) is 0. The summed E-state index contributed by atoms with van der Waals surface area (Å²) in [5, 5.41) is 4.68. The maximum absolute atomic E-state index is 4.59. The highest BCUT2D eigenvalue weighted by atomic mass is 32.1. The SMILES string of the molecule is CCCCNCc1sc(CN(C)C)nc1C. The van der Waals surface area contributed by atoms with E-state index in [1.807, 2.05) is 11.3 Å². The molecule has 0 aliphatic heterocycles. The maximum atomic E-state index is 4.59. The molecule has 0 spiro atoms. The second kappa shape index (κ2) is 6.99. The summed E-state index contributed by atoms with van der Waals surface area (Å²) in [4.78, 5) is 8.13. The number of nitrogens with one attached hydrogen (secondary N) is 1. The van der Waals surface area contributed by atoms with Crippen molar-refractivity contribution in [2.75, 3.05) is 20.6 Å². The van der Waals surface area contributed by atoms with Crippen LogP contribution in [-0.2, 0) is 13.1 Å². The van der Waals surface area contributed by atoms with Crippen molar-refractivity contribution >= 4 is 11.3 Å². The number of rotatable bonds is 7. The lowest BCUT2D eigenvalue weighted by Gasteiger charge is -2.05. The second-order valence-electron chi connectivity index (χ2n) is 4.38. The first-order valence-electron chi connectivity index (χ1n) is 5.94. The molecule has 0 aromatic carbocycles. The minimum absolute atomic E-state index is 0.945. The molecule has 0 saturated heterocycles. The van der Waals surface area contributed by atoms with Crippen LogP contribution in [0.25, 0.3) is 0 Å². The highest BCUT2D eigenvalue weighted by Gasteiger charge is 2.07. The molecule has 4 heteroatoms. The molecule has 0 aliphatic rings. The Morgan fingerprint density at radius 1 is 1.38 bits per heavy atom. The lowest BCUT2D eigenvalue weighted by atomic mass is 10.3. The van der Waals surface area contributed by atoms with Gasteiger partial charge in [-0.1, -0.05) is 13.3 Å². The van der Waals surface area contributed by atoms with Crippen LogP contribution in [0.15, 0.2) is 0 Å². The van der Waals surface area contributed by atoms with Gasteiger partial charge in [0.25, 0.3) is 0 Å². The van der Waals surface area contributed by atoms with Gasteiger partial charge in [0, 0.05) is 18.0 Å². The van der Waals surface area contributed by atoms with Gasteiger partial charge in [0.05, 0.1) is 5.69 Å². The molecule has 0 fully saturated rings. The Labute approximate surface area is 103 Å². The molecule has 1 rings (SSSR count). The number of unbranched alkanes of at least 4 members (excludes halogenated alkanes) is 1. The first kappa shape index (κ1) is 13.6. The zero-order valence-corrected chi connectivity index (χ0v) is 11.7. The zero-order valence-electron chi connectivity index (χ0n) is 10.8. The molecule has 1 aromatic heterocycles. The number of hydrogen-bond donors (Lipinski definition) is 1. The van der Waals surface area contributed by atoms with Crippen molar-refractivity contribution in [2.24, 2.45) is 0 Å². The van der Waals surface area contributed by atoms with E-state index in [9.17, 15) is 0 Å². The molecule has 0 amide bonds. The Bertz CT molecular complexity index is 307. The van der Waals surface area contributed by atoms with E-state index in [4.69, 9.17) is 0 Å². The molecule has 3 nitrogen and oxygen atoms in total. The van der Waals surface area contributed by atoms with E-state index >= 15 is 0 Å². The van der Waals surface area contributed by atoms with E-state index in [-0.39, 0.29) is 0 Å². The van der Waals surface area contributed by atoms with Gasteiger partial charge in [-0.15, -0.1) is 11.3 Å². The largest absolute Gasteiger partial charge is 0.312 e. The van der Waals surface area contributed by atoms with Gasteiger partial charge in [-0.3, -0.25) is 0 Å². The van der Waals surface area contributed by atoms with Gasteiger partial charge in [-0.05, 0) is 34.0 Å². The molecular formula is C12H23N3S. The summed E-state index contributed by atoms with van der Waals surface area (Å²) in [7, 11) is 4.16. The molecule has 0 bridgehead atoms. The van der Waals surface area contributed by atoms with Gasteiger partial charge in [0.2, 0.25) is 0 Å². The second-order valence-corrected chi connectivity index (χ2v) is 5.55. The molecule has 1 aromatic rings. The first-order chi connectivity index (χ1) is 7.63. The van der Waals surface area contributed by atoms with Crippen LogP contribution in [-0.4, -0.2) is 30.5 Å². The van der Waals surface area contributed by atoms with Crippen LogP contribution >= 0.6 is 11.3 Å². The normalized spacial score (nSPS) is 11.3. The monoisotopic (exact) mass is 241 g/mol. The lowest BCUT2D eigenvalue weighted by Crippen LogP contribution is -2.14. The van der Waals surface area contributed by atoms with E-state index in [1.54, 1.807) is 0 Å². The van der Waals surface area contributed by atoms with Crippen molar-refractivity contribution in [3.8, 4) is 0 Å². The number of aryl methyl sites for hydroxylation is 1. The molecule has 16 heavy (non-hydrogen) atoms. The van der Waals surface area contributed by atoms with Crippen LogP contribution in [0.4, 0.5) is 0 Å². The molecular weight excluding hydrogens is 218 g/mol. The van der Waals surface area contributed by atoms with E-state index < -0.39 is 0 Å². The summed E-state index contributed by atoms with van der Waals surface area (Å²) >= 11 is 1.83. The predicted octanol–water partition coefficient (Wildman–Crippen LogP) is 2.40. The fraction of sp³-hybridized carbons (Fsp3) is 0.750. The van der Waals surface area contributed by atoms with Crippen LogP contribution in [0.5, 0.6) is 0 Å². The van der Waals surface area contributed by atoms with Gasteiger partial charge in [0.1, 0.15) is 5.01 Å². The van der Waals surface area contributed by atoms with Crippen LogP contribution < -0.4 is 5.32 Å². The predicted molar refractivity (Wildman–Crippen MR) is 70.9 cm³/mol. The summed E-state index contributed by atoms with van der Waals surface area (Å²) in [5.74, 6) is 0. The standard InChI is InChI=1S/C12H23N3S/c1-5-6-7-13-8-11-10(2)14-12(16-11)9-15(3)4/h13H,5-9H2,1-4H3. The van der Waals surface area contributed by atoms with Crippen molar-refractivity contribution < 1.29 is 0 Å². The third-order valence-electron chi connectivity index (χ3n) is 2.38. The smallest absolute Gasteiger partial charge is 0.107 e. The van der Waals surface area contributed by atoms with E-state index in [0.29, 0.717) is 0 Å². The molecule has 0 saturated carbocycles. The van der Waals surface area contributed by atoms with Gasteiger partial charge in [-0.25, -0.2) is 4.98 Å². The number of hydrogen-bond acceptors (Lipinski definition) is 4. The third-order valence-corrected chi connectivity index (χ3v) is 3.52. The van der Waals surface area contributed by atoms with Gasteiger partial charge < -0.3 is 10.2 Å². The van der Waals surface area contributed by atoms with E-state index in [0.717, 1.165) is 19.6 Å². The van der Waals surface area contributed by atoms with Gasteiger partial charge in [-0.2, -0.15) is 0 Å². The van der Waals surface area contributed by atoms with Crippen LogP contribution in [0.2, 0.25) is 0 Å². The minimum Gasteiger partial charge on any atom is -0.312 e. The van der Waals surface area contributed by atoms with Crippen molar-refractivity contribution in [3.63, 3.8) is 0 Å². The van der Waals surface area contributed by atoms with Crippen molar-refractivity contribution in [3.05, 3.63) is 15.6 Å². The molecule has 0 unspecified atom stereocenters. The molecule has 1 heterocycles. The molecule has 0 atom stereocenters. The van der Waals surface area contributed by atoms with Crippen LogP contribution in [0.1, 0.15) is 35.3 Å². The first-order valence-corrected chi connectivity index (χ1v) is 6.75. The van der Waals surface area contributed by atoms with E-state index in [2.05, 4.69) is 43.1 Å². The highest BCUT2D eigenvalue weighted by molar-refractivity contribution is 7.11. The van der Waals surface area contributed by atoms with Crippen molar-refractivity contribution in [2.45, 2.75) is 39.8 Å². The molecule has 0 aliphatic carbocycles. The Kier molecular flexibility index (Phi) is 5.95. The Morgan fingerprint density at radius 3 is 2.75 bits per heavy atom. The van der Waals surface area contributed by atoms with Crippen molar-refractivity contribution in [1.82, 2.24) is 15.2 Å². The summed E-state index contributed by atoms with van der Waals surface area (Å²) < 4.78 is 0. The zero-order chi connectivity index (χ0) is 12.0. The minimum atomic E-state index is 0.945. The maximum Gasteiger partial charge on any atom is 0.107 e. The number of nitrogens with zero attached hydrogens (tertiary/aromatic N) is 2. The lowest BCUT2D eigenvalue weighted by molar-refractivity contribution is 0.401. The number of aromatic nitrogens is 1. The Hall–Kier alpha value is -0.450. The molecule has 0 radical (unpaired) electrons. The average Bonchev–Trinajstić information content (AvgIpc) is 2.53. The van der Waals surface area contributed by atoms with Crippen LogP contribution in [0.3, 0.4) is 0 Å². The summed E-state index contributed by atoms with van der Waals surface area (Å²) in [6.07, 6.45) is 2.50. The molecule has 1 N–H and O–H groups in total. The Balaban J connectivity index is 2.43. The Morgan fingerprint density at radius 2 is 2.12 bits per heavy atom. The van der Waals surface area contributed by atoms with Crippen molar-refractivity contribution in [1.29, 1.82) is 0 Å². The highest BCUT2D eigenvalue weighted by Crippen LogP contribution is 2.18. The third kappa shape index (κ3) is 4.60. The summed E-state index contributed by atoms with van der Waals surface area (Å²) in [5.41, 5.74) is 1.19. The fourth-order valence-electron chi connectivity index (χ4n) is 1.49. The molecule has 92 valence electrons. The van der Waals surface area contributed by atoms with Gasteiger partial charge >= 0.3 is 0 Å². The topological polar surface area (TPSA) is 28.2 Å². The quantitative estimate of drug-likeness (QED) is 0.743. The number of thiazole rings is 1. The van der Waals surface area contributed by atoms with Gasteiger partial charge in [0.15, 0.2) is 0 Å². The fourth-order valence-corrected chi connectivity index (χ4v) is 2.65.